The molecule has 1 amide bonds. The summed E-state index contributed by atoms with van der Waals surface area (Å²) in [5.41, 5.74) is 1.35. The Bertz CT molecular complexity index is 385. The molecule has 0 aromatic carbocycles. The molecule has 4 heteroatoms. The summed E-state index contributed by atoms with van der Waals surface area (Å²) in [4.78, 5) is 14.3. The van der Waals surface area contributed by atoms with Gasteiger partial charge in [-0.15, -0.1) is 0 Å². The van der Waals surface area contributed by atoms with Crippen LogP contribution in [-0.2, 0) is 11.2 Å². The molecule has 3 nitrogen and oxygen atoms in total. The number of carbonyl (C=O) groups excluding carboxylic acids is 1. The Morgan fingerprint density at radius 1 is 1.37 bits per heavy atom. The van der Waals surface area contributed by atoms with Crippen molar-refractivity contribution in [3.05, 3.63) is 22.4 Å². The summed E-state index contributed by atoms with van der Waals surface area (Å²) in [6.45, 7) is 6.01. The minimum absolute atomic E-state index is 0.0771. The lowest BCUT2D eigenvalue weighted by molar-refractivity contribution is -0.134. The lowest BCUT2D eigenvalue weighted by atomic mass is 10.1. The van der Waals surface area contributed by atoms with E-state index in [0.29, 0.717) is 6.04 Å². The molecule has 2 heterocycles. The van der Waals surface area contributed by atoms with E-state index in [0.717, 1.165) is 32.4 Å². The maximum Gasteiger partial charge on any atom is 0.239 e. The SMILES string of the molecule is CC(Cc1ccsc1)NC(C)C(=O)N1CCCCC1. The number of hydrogen-bond donors (Lipinski definition) is 1. The molecule has 2 atom stereocenters. The third kappa shape index (κ3) is 4.32. The number of hydrogen-bond acceptors (Lipinski definition) is 3. The topological polar surface area (TPSA) is 32.3 Å². The van der Waals surface area contributed by atoms with Crippen molar-refractivity contribution in [1.82, 2.24) is 10.2 Å². The second-order valence-electron chi connectivity index (χ2n) is 5.51. The van der Waals surface area contributed by atoms with Gasteiger partial charge in [-0.25, -0.2) is 0 Å². The first-order chi connectivity index (χ1) is 9.16. The first-order valence-electron chi connectivity index (χ1n) is 7.22. The number of likely N-dealkylation sites (tertiary alicyclic amines) is 1. The first-order valence-corrected chi connectivity index (χ1v) is 8.17. The summed E-state index contributed by atoms with van der Waals surface area (Å²) in [6.07, 6.45) is 4.56. The van der Waals surface area contributed by atoms with Crippen molar-refractivity contribution in [3.8, 4) is 0 Å². The predicted molar refractivity (Wildman–Crippen MR) is 80.5 cm³/mol. The Kier molecular flexibility index (Phi) is 5.40. The van der Waals surface area contributed by atoms with Crippen molar-refractivity contribution in [2.45, 2.75) is 51.6 Å². The molecule has 2 unspecified atom stereocenters. The number of thiophene rings is 1. The van der Waals surface area contributed by atoms with E-state index in [1.54, 1.807) is 11.3 Å². The van der Waals surface area contributed by atoms with Gasteiger partial charge in [0, 0.05) is 19.1 Å². The molecule has 1 fully saturated rings. The molecule has 1 aliphatic rings. The van der Waals surface area contributed by atoms with Gasteiger partial charge in [0.15, 0.2) is 0 Å². The summed E-state index contributed by atoms with van der Waals surface area (Å²) >= 11 is 1.73. The fraction of sp³-hybridized carbons (Fsp3) is 0.667. The summed E-state index contributed by atoms with van der Waals surface area (Å²) in [6, 6.07) is 2.41. The van der Waals surface area contributed by atoms with Crippen LogP contribution in [0.25, 0.3) is 0 Å². The van der Waals surface area contributed by atoms with Crippen molar-refractivity contribution < 1.29 is 4.79 Å². The highest BCUT2D eigenvalue weighted by atomic mass is 32.1. The third-order valence-corrected chi connectivity index (χ3v) is 4.43. The van der Waals surface area contributed by atoms with Crippen LogP contribution in [0.15, 0.2) is 16.8 Å². The lowest BCUT2D eigenvalue weighted by Crippen LogP contribution is -2.49. The van der Waals surface area contributed by atoms with Gasteiger partial charge in [0.1, 0.15) is 0 Å². The molecule has 1 aromatic heterocycles. The van der Waals surface area contributed by atoms with E-state index < -0.39 is 0 Å². The number of amides is 1. The zero-order valence-corrected chi connectivity index (χ0v) is 12.7. The smallest absolute Gasteiger partial charge is 0.239 e. The van der Waals surface area contributed by atoms with Gasteiger partial charge in [-0.3, -0.25) is 4.79 Å². The Hall–Kier alpha value is -0.870. The van der Waals surface area contributed by atoms with Crippen LogP contribution in [0.3, 0.4) is 0 Å². The summed E-state index contributed by atoms with van der Waals surface area (Å²) in [7, 11) is 0. The van der Waals surface area contributed by atoms with E-state index in [1.165, 1.54) is 12.0 Å². The number of nitrogens with zero attached hydrogens (tertiary/aromatic N) is 1. The summed E-state index contributed by atoms with van der Waals surface area (Å²) < 4.78 is 0. The normalized spacial score (nSPS) is 19.2. The molecule has 1 N–H and O–H groups in total. The molecule has 1 aromatic rings. The Balaban J connectivity index is 1.78. The largest absolute Gasteiger partial charge is 0.341 e. The van der Waals surface area contributed by atoms with E-state index in [4.69, 9.17) is 0 Å². The Morgan fingerprint density at radius 2 is 2.11 bits per heavy atom. The van der Waals surface area contributed by atoms with E-state index >= 15 is 0 Å². The lowest BCUT2D eigenvalue weighted by Gasteiger charge is -2.30. The van der Waals surface area contributed by atoms with E-state index in [2.05, 4.69) is 29.1 Å². The molecule has 19 heavy (non-hydrogen) atoms. The highest BCUT2D eigenvalue weighted by molar-refractivity contribution is 7.07. The van der Waals surface area contributed by atoms with Gasteiger partial charge >= 0.3 is 0 Å². The monoisotopic (exact) mass is 280 g/mol. The Morgan fingerprint density at radius 3 is 2.74 bits per heavy atom. The van der Waals surface area contributed by atoms with Crippen LogP contribution in [0.5, 0.6) is 0 Å². The maximum atomic E-state index is 12.3. The highest BCUT2D eigenvalue weighted by Gasteiger charge is 2.22. The molecule has 1 saturated heterocycles. The minimum Gasteiger partial charge on any atom is -0.341 e. The van der Waals surface area contributed by atoms with Crippen molar-refractivity contribution in [2.24, 2.45) is 0 Å². The molecule has 0 aliphatic carbocycles. The number of rotatable bonds is 5. The van der Waals surface area contributed by atoms with Crippen LogP contribution in [0, 0.1) is 0 Å². The molecule has 0 radical (unpaired) electrons. The maximum absolute atomic E-state index is 12.3. The van der Waals surface area contributed by atoms with Gasteiger partial charge in [0.05, 0.1) is 6.04 Å². The molecule has 106 valence electrons. The van der Waals surface area contributed by atoms with Crippen LogP contribution in [0.2, 0.25) is 0 Å². The van der Waals surface area contributed by atoms with E-state index in [1.807, 2.05) is 11.8 Å². The first kappa shape index (κ1) is 14.5. The van der Waals surface area contributed by atoms with E-state index in [-0.39, 0.29) is 11.9 Å². The molecular weight excluding hydrogens is 256 g/mol. The minimum atomic E-state index is -0.0771. The zero-order valence-electron chi connectivity index (χ0n) is 11.9. The van der Waals surface area contributed by atoms with Crippen LogP contribution in [0.4, 0.5) is 0 Å². The molecule has 2 rings (SSSR count). The van der Waals surface area contributed by atoms with Crippen molar-refractivity contribution in [1.29, 1.82) is 0 Å². The zero-order chi connectivity index (χ0) is 13.7. The van der Waals surface area contributed by atoms with Crippen LogP contribution in [0.1, 0.15) is 38.7 Å². The standard InChI is InChI=1S/C15H24N2OS/c1-12(10-14-6-9-19-11-14)16-13(2)15(18)17-7-4-3-5-8-17/h6,9,11-13,16H,3-5,7-8,10H2,1-2H3. The molecule has 1 aliphatic heterocycles. The Labute approximate surface area is 120 Å². The molecular formula is C15H24N2OS. The van der Waals surface area contributed by atoms with Crippen molar-refractivity contribution >= 4 is 17.2 Å². The third-order valence-electron chi connectivity index (χ3n) is 3.69. The average molecular weight is 280 g/mol. The fourth-order valence-corrected chi connectivity index (χ4v) is 3.39. The van der Waals surface area contributed by atoms with Crippen molar-refractivity contribution in [2.75, 3.05) is 13.1 Å². The van der Waals surface area contributed by atoms with Gasteiger partial charge in [-0.2, -0.15) is 11.3 Å². The highest BCUT2D eigenvalue weighted by Crippen LogP contribution is 2.11. The number of nitrogens with one attached hydrogen (secondary N) is 1. The quantitative estimate of drug-likeness (QED) is 0.899. The fourth-order valence-electron chi connectivity index (χ4n) is 2.71. The van der Waals surface area contributed by atoms with Crippen LogP contribution < -0.4 is 5.32 Å². The molecule has 0 bridgehead atoms. The van der Waals surface area contributed by atoms with Crippen LogP contribution in [-0.4, -0.2) is 36.0 Å². The predicted octanol–water partition coefficient (Wildman–Crippen LogP) is 2.67. The molecule has 0 saturated carbocycles. The van der Waals surface area contributed by atoms with Gasteiger partial charge in [0.2, 0.25) is 5.91 Å². The second-order valence-corrected chi connectivity index (χ2v) is 6.29. The van der Waals surface area contributed by atoms with Gasteiger partial charge in [0.25, 0.3) is 0 Å². The van der Waals surface area contributed by atoms with Crippen LogP contribution >= 0.6 is 11.3 Å². The van der Waals surface area contributed by atoms with Gasteiger partial charge < -0.3 is 10.2 Å². The summed E-state index contributed by atoms with van der Waals surface area (Å²) in [5, 5.41) is 7.71. The van der Waals surface area contributed by atoms with Crippen molar-refractivity contribution in [3.63, 3.8) is 0 Å². The summed E-state index contributed by atoms with van der Waals surface area (Å²) in [5.74, 6) is 0.261. The second kappa shape index (κ2) is 7.06. The van der Waals surface area contributed by atoms with Gasteiger partial charge in [-0.05, 0) is 61.9 Å². The number of piperidine rings is 1. The van der Waals surface area contributed by atoms with Gasteiger partial charge in [-0.1, -0.05) is 0 Å². The van der Waals surface area contributed by atoms with E-state index in [9.17, 15) is 4.79 Å². The average Bonchev–Trinajstić information content (AvgIpc) is 2.91. The number of carbonyl (C=O) groups is 1. The molecule has 0 spiro atoms.